The summed E-state index contributed by atoms with van der Waals surface area (Å²) in [5.41, 5.74) is 0. The van der Waals surface area contributed by atoms with E-state index in [0.717, 1.165) is 0 Å². The van der Waals surface area contributed by atoms with Crippen LogP contribution in [0.15, 0.2) is 0 Å². The summed E-state index contributed by atoms with van der Waals surface area (Å²) in [6.45, 7) is -2.50. The molecule has 5 nitrogen and oxygen atoms in total. The van der Waals surface area contributed by atoms with Crippen molar-refractivity contribution in [3.63, 3.8) is 0 Å². The van der Waals surface area contributed by atoms with E-state index in [1.165, 1.54) is 0 Å². The standard InChI is InChI=1S/C7H11F2N3O2/c8-7(9,5-13)4-11-3-6(14)12-2-1-10/h11,13H,2-5H2,(H,12,14). The lowest BCUT2D eigenvalue weighted by Gasteiger charge is -2.13. The van der Waals surface area contributed by atoms with Gasteiger partial charge in [0.05, 0.1) is 19.2 Å². The third kappa shape index (κ3) is 6.28. The Morgan fingerprint density at radius 2 is 2.21 bits per heavy atom. The molecule has 0 radical (unpaired) electrons. The lowest BCUT2D eigenvalue weighted by atomic mass is 10.3. The van der Waals surface area contributed by atoms with Gasteiger partial charge in [0.2, 0.25) is 5.91 Å². The zero-order valence-corrected chi connectivity index (χ0v) is 7.39. The number of carbonyl (C=O) groups is 1. The van der Waals surface area contributed by atoms with Crippen LogP contribution in [0.5, 0.6) is 0 Å². The number of aliphatic hydroxyl groups excluding tert-OH is 1. The van der Waals surface area contributed by atoms with Gasteiger partial charge in [-0.15, -0.1) is 0 Å². The number of amides is 1. The Balaban J connectivity index is 3.55. The van der Waals surface area contributed by atoms with Gasteiger partial charge in [-0.05, 0) is 0 Å². The van der Waals surface area contributed by atoms with Crippen molar-refractivity contribution < 1.29 is 18.7 Å². The van der Waals surface area contributed by atoms with Crippen LogP contribution in [0.25, 0.3) is 0 Å². The van der Waals surface area contributed by atoms with Crippen molar-refractivity contribution >= 4 is 5.91 Å². The average molecular weight is 207 g/mol. The van der Waals surface area contributed by atoms with E-state index in [1.54, 1.807) is 6.07 Å². The fraction of sp³-hybridized carbons (Fsp3) is 0.714. The molecule has 7 heteroatoms. The average Bonchev–Trinajstić information content (AvgIpc) is 2.14. The van der Waals surface area contributed by atoms with Crippen molar-refractivity contribution in [1.29, 1.82) is 5.26 Å². The number of nitrogens with zero attached hydrogens (tertiary/aromatic N) is 1. The molecule has 0 atom stereocenters. The van der Waals surface area contributed by atoms with Crippen LogP contribution in [0.4, 0.5) is 8.78 Å². The Bertz CT molecular complexity index is 227. The number of hydrogen-bond donors (Lipinski definition) is 3. The molecule has 0 saturated heterocycles. The van der Waals surface area contributed by atoms with Gasteiger partial charge in [0.1, 0.15) is 13.2 Å². The first-order chi connectivity index (χ1) is 6.52. The summed E-state index contributed by atoms with van der Waals surface area (Å²) in [4.78, 5) is 10.7. The quantitative estimate of drug-likeness (QED) is 0.480. The smallest absolute Gasteiger partial charge is 0.282 e. The van der Waals surface area contributed by atoms with Gasteiger partial charge in [-0.1, -0.05) is 0 Å². The minimum Gasteiger partial charge on any atom is -0.390 e. The summed E-state index contributed by atoms with van der Waals surface area (Å²) < 4.78 is 24.7. The van der Waals surface area contributed by atoms with Gasteiger partial charge in [0.25, 0.3) is 5.92 Å². The van der Waals surface area contributed by atoms with Crippen LogP contribution in [0.3, 0.4) is 0 Å². The number of alkyl halides is 2. The van der Waals surface area contributed by atoms with Gasteiger partial charge in [-0.3, -0.25) is 4.79 Å². The monoisotopic (exact) mass is 207 g/mol. The highest BCUT2D eigenvalue weighted by Crippen LogP contribution is 2.09. The minimum atomic E-state index is -3.23. The molecule has 14 heavy (non-hydrogen) atoms. The number of hydrogen-bond acceptors (Lipinski definition) is 4. The third-order valence-corrected chi connectivity index (χ3v) is 1.27. The Morgan fingerprint density at radius 1 is 1.57 bits per heavy atom. The van der Waals surface area contributed by atoms with E-state index >= 15 is 0 Å². The fourth-order valence-corrected chi connectivity index (χ4v) is 0.615. The summed E-state index contributed by atoms with van der Waals surface area (Å²) in [5, 5.41) is 20.6. The van der Waals surface area contributed by atoms with E-state index in [2.05, 4.69) is 10.6 Å². The Morgan fingerprint density at radius 3 is 2.71 bits per heavy atom. The van der Waals surface area contributed by atoms with Crippen LogP contribution in [0, 0.1) is 11.3 Å². The van der Waals surface area contributed by atoms with Crippen LogP contribution in [0.2, 0.25) is 0 Å². The number of halogens is 2. The topological polar surface area (TPSA) is 85.2 Å². The zero-order chi connectivity index (χ0) is 11.0. The molecule has 0 bridgehead atoms. The molecule has 0 fully saturated rings. The molecule has 0 saturated carbocycles. The molecule has 80 valence electrons. The van der Waals surface area contributed by atoms with Gasteiger partial charge in [0, 0.05) is 0 Å². The summed E-state index contributed by atoms with van der Waals surface area (Å²) in [6, 6.07) is 1.67. The molecular formula is C7H11F2N3O2. The first kappa shape index (κ1) is 12.7. The number of nitriles is 1. The maximum atomic E-state index is 12.4. The molecule has 0 heterocycles. The van der Waals surface area contributed by atoms with E-state index in [9.17, 15) is 13.6 Å². The first-order valence-corrected chi connectivity index (χ1v) is 3.85. The van der Waals surface area contributed by atoms with Crippen LogP contribution in [-0.2, 0) is 4.79 Å². The maximum Gasteiger partial charge on any atom is 0.282 e. The van der Waals surface area contributed by atoms with E-state index < -0.39 is 25.0 Å². The van der Waals surface area contributed by atoms with Crippen LogP contribution >= 0.6 is 0 Å². The van der Waals surface area contributed by atoms with Gasteiger partial charge in [-0.2, -0.15) is 5.26 Å². The minimum absolute atomic E-state index is 0.156. The van der Waals surface area contributed by atoms with Crippen LogP contribution in [-0.4, -0.2) is 43.2 Å². The molecule has 0 aliphatic rings. The van der Waals surface area contributed by atoms with Crippen molar-refractivity contribution in [2.24, 2.45) is 0 Å². The maximum absolute atomic E-state index is 12.4. The number of nitrogens with one attached hydrogen (secondary N) is 2. The Labute approximate surface area is 79.7 Å². The second-order valence-corrected chi connectivity index (χ2v) is 2.55. The second kappa shape index (κ2) is 6.23. The first-order valence-electron chi connectivity index (χ1n) is 3.85. The molecular weight excluding hydrogens is 196 g/mol. The molecule has 3 N–H and O–H groups in total. The van der Waals surface area contributed by atoms with E-state index in [-0.39, 0.29) is 13.1 Å². The van der Waals surface area contributed by atoms with E-state index in [4.69, 9.17) is 10.4 Å². The van der Waals surface area contributed by atoms with E-state index in [1.807, 2.05) is 0 Å². The van der Waals surface area contributed by atoms with Crippen LogP contribution < -0.4 is 10.6 Å². The summed E-state index contributed by atoms with van der Waals surface area (Å²) in [6.07, 6.45) is 0. The molecule has 0 spiro atoms. The largest absolute Gasteiger partial charge is 0.390 e. The molecule has 0 rings (SSSR count). The molecule has 0 unspecified atom stereocenters. The van der Waals surface area contributed by atoms with Crippen LogP contribution in [0.1, 0.15) is 0 Å². The highest BCUT2D eigenvalue weighted by atomic mass is 19.3. The summed E-state index contributed by atoms with van der Waals surface area (Å²) >= 11 is 0. The highest BCUT2D eigenvalue weighted by molar-refractivity contribution is 5.78. The number of aliphatic hydroxyl groups is 1. The van der Waals surface area contributed by atoms with Crippen molar-refractivity contribution in [3.8, 4) is 6.07 Å². The highest BCUT2D eigenvalue weighted by Gasteiger charge is 2.26. The Hall–Kier alpha value is -1.26. The number of carbonyl (C=O) groups excluding carboxylic acids is 1. The van der Waals surface area contributed by atoms with Crippen molar-refractivity contribution in [3.05, 3.63) is 0 Å². The van der Waals surface area contributed by atoms with Crippen molar-refractivity contribution in [2.45, 2.75) is 5.92 Å². The van der Waals surface area contributed by atoms with Gasteiger partial charge >= 0.3 is 0 Å². The predicted octanol–water partition coefficient (Wildman–Crippen LogP) is -1.16. The van der Waals surface area contributed by atoms with E-state index in [0.29, 0.717) is 0 Å². The summed E-state index contributed by atoms with van der Waals surface area (Å²) in [5.74, 6) is -3.77. The lowest BCUT2D eigenvalue weighted by molar-refractivity contribution is -0.120. The molecule has 0 aromatic rings. The zero-order valence-electron chi connectivity index (χ0n) is 7.39. The second-order valence-electron chi connectivity index (χ2n) is 2.55. The molecule has 0 aliphatic heterocycles. The molecule has 1 amide bonds. The third-order valence-electron chi connectivity index (χ3n) is 1.27. The predicted molar refractivity (Wildman–Crippen MR) is 43.5 cm³/mol. The number of rotatable bonds is 6. The molecule has 0 aromatic carbocycles. The Kier molecular flexibility index (Phi) is 5.67. The van der Waals surface area contributed by atoms with Crippen molar-refractivity contribution in [2.75, 3.05) is 26.2 Å². The SMILES string of the molecule is N#CCNC(=O)CNCC(F)(F)CO. The fourth-order valence-electron chi connectivity index (χ4n) is 0.615. The summed E-state index contributed by atoms with van der Waals surface area (Å²) in [7, 11) is 0. The molecule has 0 aromatic heterocycles. The van der Waals surface area contributed by atoms with Gasteiger partial charge in [-0.25, -0.2) is 8.78 Å². The van der Waals surface area contributed by atoms with Gasteiger partial charge < -0.3 is 15.7 Å². The molecule has 0 aliphatic carbocycles. The lowest BCUT2D eigenvalue weighted by Crippen LogP contribution is -2.41. The normalized spacial score (nSPS) is 10.7. The van der Waals surface area contributed by atoms with Gasteiger partial charge in [0.15, 0.2) is 0 Å². The van der Waals surface area contributed by atoms with Crippen molar-refractivity contribution in [1.82, 2.24) is 10.6 Å².